The maximum Gasteiger partial charge on any atom is 0.168 e. The number of halogens is 1. The van der Waals surface area contributed by atoms with E-state index in [4.69, 9.17) is 9.15 Å². The third-order valence-electron chi connectivity index (χ3n) is 2.45. The first kappa shape index (κ1) is 12.4. The summed E-state index contributed by atoms with van der Waals surface area (Å²) in [5, 5.41) is 0. The first-order valence-electron chi connectivity index (χ1n) is 5.64. The summed E-state index contributed by atoms with van der Waals surface area (Å²) in [7, 11) is 0. The molecule has 4 heteroatoms. The van der Waals surface area contributed by atoms with Gasteiger partial charge >= 0.3 is 0 Å². The first-order valence-corrected chi connectivity index (χ1v) is 5.64. The molecule has 0 fully saturated rings. The number of Topliss-reactive ketones (excluding diaryl/α,β-unsaturated/α-hetero) is 1. The molecule has 0 aliphatic carbocycles. The van der Waals surface area contributed by atoms with Gasteiger partial charge in [-0.1, -0.05) is 0 Å². The average molecular weight is 248 g/mol. The maximum absolute atomic E-state index is 12.7. The number of ketones is 1. The zero-order chi connectivity index (χ0) is 13.0. The number of carbonyl (C=O) groups excluding carboxylic acids is 1. The van der Waals surface area contributed by atoms with Gasteiger partial charge in [-0.15, -0.1) is 0 Å². The molecular formula is C14H13FO3. The Bertz CT molecular complexity index is 528. The van der Waals surface area contributed by atoms with Crippen molar-refractivity contribution in [2.45, 2.75) is 19.8 Å². The van der Waals surface area contributed by atoms with E-state index in [1.165, 1.54) is 37.5 Å². The predicted molar refractivity (Wildman–Crippen MR) is 64.2 cm³/mol. The molecule has 1 heterocycles. The highest BCUT2D eigenvalue weighted by atomic mass is 19.1. The normalized spacial score (nSPS) is 10.3. The lowest BCUT2D eigenvalue weighted by atomic mass is 10.2. The van der Waals surface area contributed by atoms with Crippen molar-refractivity contribution in [3.8, 4) is 11.5 Å². The molecule has 0 bridgehead atoms. The molecule has 94 valence electrons. The van der Waals surface area contributed by atoms with Crippen molar-refractivity contribution in [1.29, 1.82) is 0 Å². The number of rotatable bonds is 5. The van der Waals surface area contributed by atoms with Crippen LogP contribution in [0.15, 0.2) is 41.0 Å². The van der Waals surface area contributed by atoms with Crippen molar-refractivity contribution in [3.05, 3.63) is 48.2 Å². The smallest absolute Gasteiger partial charge is 0.168 e. The van der Waals surface area contributed by atoms with Gasteiger partial charge in [-0.3, -0.25) is 0 Å². The lowest BCUT2D eigenvalue weighted by Crippen LogP contribution is -1.94. The summed E-state index contributed by atoms with van der Waals surface area (Å²) in [5.41, 5.74) is 0. The van der Waals surface area contributed by atoms with E-state index in [0.717, 1.165) is 0 Å². The van der Waals surface area contributed by atoms with E-state index in [2.05, 4.69) is 0 Å². The highest BCUT2D eigenvalue weighted by Crippen LogP contribution is 2.27. The highest BCUT2D eigenvalue weighted by molar-refractivity contribution is 5.75. The van der Waals surface area contributed by atoms with Crippen molar-refractivity contribution < 1.29 is 18.3 Å². The Hall–Kier alpha value is -2.10. The quantitative estimate of drug-likeness (QED) is 0.809. The van der Waals surface area contributed by atoms with E-state index in [0.29, 0.717) is 30.1 Å². The number of carbonyl (C=O) groups is 1. The summed E-state index contributed by atoms with van der Waals surface area (Å²) in [5.74, 6) is 1.49. The summed E-state index contributed by atoms with van der Waals surface area (Å²) in [6.07, 6.45) is 2.42. The van der Waals surface area contributed by atoms with Gasteiger partial charge in [0.2, 0.25) is 0 Å². The minimum absolute atomic E-state index is 0.0964. The molecule has 18 heavy (non-hydrogen) atoms. The van der Waals surface area contributed by atoms with Crippen molar-refractivity contribution >= 4 is 5.78 Å². The van der Waals surface area contributed by atoms with Gasteiger partial charge in [-0.2, -0.15) is 0 Å². The van der Waals surface area contributed by atoms with Crippen LogP contribution in [0.25, 0.3) is 0 Å². The molecule has 0 aliphatic heterocycles. The second kappa shape index (κ2) is 5.49. The van der Waals surface area contributed by atoms with Crippen LogP contribution in [0.5, 0.6) is 11.5 Å². The maximum atomic E-state index is 12.7. The van der Waals surface area contributed by atoms with E-state index in [1.54, 1.807) is 6.07 Å². The SMILES string of the molecule is CC(=O)CCc1occc1Oc1ccc(F)cc1. The Kier molecular flexibility index (Phi) is 3.77. The fraction of sp³-hybridized carbons (Fsp3) is 0.214. The second-order valence-corrected chi connectivity index (χ2v) is 3.97. The van der Waals surface area contributed by atoms with Crippen molar-refractivity contribution in [1.82, 2.24) is 0 Å². The Morgan fingerprint density at radius 3 is 2.67 bits per heavy atom. The van der Waals surface area contributed by atoms with E-state index < -0.39 is 0 Å². The molecule has 2 aromatic rings. The standard InChI is InChI=1S/C14H13FO3/c1-10(16)2-7-13-14(8-9-17-13)18-12-5-3-11(15)4-6-12/h3-6,8-9H,2,7H2,1H3. The van der Waals surface area contributed by atoms with Crippen molar-refractivity contribution in [2.75, 3.05) is 0 Å². The molecule has 1 aromatic carbocycles. The van der Waals surface area contributed by atoms with Gasteiger partial charge < -0.3 is 13.9 Å². The molecule has 0 unspecified atom stereocenters. The van der Waals surface area contributed by atoms with Gasteiger partial charge in [0.15, 0.2) is 5.75 Å². The third kappa shape index (κ3) is 3.20. The molecule has 0 saturated heterocycles. The lowest BCUT2D eigenvalue weighted by molar-refractivity contribution is -0.117. The fourth-order valence-electron chi connectivity index (χ4n) is 1.52. The number of hydrogen-bond acceptors (Lipinski definition) is 3. The molecule has 0 amide bonds. The van der Waals surface area contributed by atoms with Gasteiger partial charge in [0.05, 0.1) is 6.26 Å². The van der Waals surface area contributed by atoms with Gasteiger partial charge in [-0.05, 0) is 31.2 Å². The van der Waals surface area contributed by atoms with Gasteiger partial charge in [0.1, 0.15) is 23.1 Å². The van der Waals surface area contributed by atoms with E-state index in [-0.39, 0.29) is 11.6 Å². The molecule has 0 saturated carbocycles. The molecule has 0 atom stereocenters. The van der Waals surface area contributed by atoms with Crippen LogP contribution in [-0.4, -0.2) is 5.78 Å². The molecule has 3 nitrogen and oxygen atoms in total. The molecule has 2 rings (SSSR count). The van der Waals surface area contributed by atoms with Crippen LogP contribution in [0.3, 0.4) is 0 Å². The molecular weight excluding hydrogens is 235 g/mol. The van der Waals surface area contributed by atoms with Gasteiger partial charge in [0, 0.05) is 18.9 Å². The lowest BCUT2D eigenvalue weighted by Gasteiger charge is -2.05. The summed E-state index contributed by atoms with van der Waals surface area (Å²) in [4.78, 5) is 10.9. The monoisotopic (exact) mass is 248 g/mol. The summed E-state index contributed by atoms with van der Waals surface area (Å²) < 4.78 is 23.6. The van der Waals surface area contributed by atoms with E-state index in [9.17, 15) is 9.18 Å². The van der Waals surface area contributed by atoms with E-state index >= 15 is 0 Å². The number of aryl methyl sites for hydroxylation is 1. The molecule has 1 aromatic heterocycles. The fourth-order valence-corrected chi connectivity index (χ4v) is 1.52. The third-order valence-corrected chi connectivity index (χ3v) is 2.45. The van der Waals surface area contributed by atoms with Crippen LogP contribution >= 0.6 is 0 Å². The van der Waals surface area contributed by atoms with Crippen molar-refractivity contribution in [2.24, 2.45) is 0 Å². The van der Waals surface area contributed by atoms with Crippen LogP contribution in [-0.2, 0) is 11.2 Å². The second-order valence-electron chi connectivity index (χ2n) is 3.97. The Balaban J connectivity index is 2.07. The Morgan fingerprint density at radius 2 is 2.00 bits per heavy atom. The molecule has 0 N–H and O–H groups in total. The number of furan rings is 1. The number of hydrogen-bond donors (Lipinski definition) is 0. The largest absolute Gasteiger partial charge is 0.465 e. The summed E-state index contributed by atoms with van der Waals surface area (Å²) in [6, 6.07) is 7.41. The molecule has 0 radical (unpaired) electrons. The van der Waals surface area contributed by atoms with Gasteiger partial charge in [0.25, 0.3) is 0 Å². The topological polar surface area (TPSA) is 39.4 Å². The summed E-state index contributed by atoms with van der Waals surface area (Å²) >= 11 is 0. The van der Waals surface area contributed by atoms with Crippen LogP contribution in [0, 0.1) is 5.82 Å². The zero-order valence-electron chi connectivity index (χ0n) is 9.98. The number of benzene rings is 1. The Morgan fingerprint density at radius 1 is 1.28 bits per heavy atom. The minimum Gasteiger partial charge on any atom is -0.465 e. The molecule has 0 aliphatic rings. The minimum atomic E-state index is -0.314. The Labute approximate surface area is 104 Å². The van der Waals surface area contributed by atoms with Crippen LogP contribution in [0.4, 0.5) is 4.39 Å². The van der Waals surface area contributed by atoms with E-state index in [1.807, 2.05) is 0 Å². The highest BCUT2D eigenvalue weighted by Gasteiger charge is 2.09. The first-order chi connectivity index (χ1) is 8.65. The molecule has 0 spiro atoms. The zero-order valence-corrected chi connectivity index (χ0v) is 9.98. The van der Waals surface area contributed by atoms with Crippen LogP contribution in [0.2, 0.25) is 0 Å². The van der Waals surface area contributed by atoms with Gasteiger partial charge in [-0.25, -0.2) is 4.39 Å². The van der Waals surface area contributed by atoms with Crippen LogP contribution < -0.4 is 4.74 Å². The van der Waals surface area contributed by atoms with Crippen LogP contribution in [0.1, 0.15) is 19.1 Å². The average Bonchev–Trinajstić information content (AvgIpc) is 2.77. The number of ether oxygens (including phenoxy) is 1. The predicted octanol–water partition coefficient (Wildman–Crippen LogP) is 3.73. The van der Waals surface area contributed by atoms with Crippen molar-refractivity contribution in [3.63, 3.8) is 0 Å². The summed E-state index contributed by atoms with van der Waals surface area (Å²) in [6.45, 7) is 1.53.